The molecule has 0 saturated heterocycles. The van der Waals surface area contributed by atoms with Gasteiger partial charge in [-0.2, -0.15) is 0 Å². The molecule has 0 aromatic heterocycles. The van der Waals surface area contributed by atoms with Crippen LogP contribution in [-0.4, -0.2) is 0 Å². The summed E-state index contributed by atoms with van der Waals surface area (Å²) in [5, 5.41) is 0. The van der Waals surface area contributed by atoms with E-state index >= 15 is 0 Å². The van der Waals surface area contributed by atoms with Gasteiger partial charge in [0.2, 0.25) is 0 Å². The fraction of sp³-hybridized carbons (Fsp3) is 0.250. The Hall–Kier alpha value is -1.63. The van der Waals surface area contributed by atoms with Crippen molar-refractivity contribution in [2.24, 2.45) is 0 Å². The van der Waals surface area contributed by atoms with Crippen LogP contribution in [0.5, 0.6) is 0 Å². The van der Waals surface area contributed by atoms with E-state index in [-0.39, 0.29) is 5.83 Å². The van der Waals surface area contributed by atoms with E-state index in [0.29, 0.717) is 11.1 Å². The molecular formula is C16H19F. The minimum Gasteiger partial charge on any atom is -0.206 e. The van der Waals surface area contributed by atoms with E-state index in [9.17, 15) is 4.39 Å². The number of hydrogen-bond acceptors (Lipinski definition) is 0. The van der Waals surface area contributed by atoms with Crippen molar-refractivity contribution < 1.29 is 4.39 Å². The van der Waals surface area contributed by atoms with Gasteiger partial charge in [-0.05, 0) is 37.0 Å². The molecule has 0 bridgehead atoms. The van der Waals surface area contributed by atoms with E-state index in [2.05, 4.69) is 19.6 Å². The van der Waals surface area contributed by atoms with Gasteiger partial charge < -0.3 is 0 Å². The van der Waals surface area contributed by atoms with E-state index < -0.39 is 0 Å². The maximum atomic E-state index is 14.0. The average Bonchev–Trinajstić information content (AvgIpc) is 2.35. The smallest absolute Gasteiger partial charge is 0.133 e. The molecule has 0 amide bonds. The van der Waals surface area contributed by atoms with Crippen molar-refractivity contribution in [1.29, 1.82) is 0 Å². The quantitative estimate of drug-likeness (QED) is 0.632. The molecule has 0 saturated carbocycles. The summed E-state index contributed by atoms with van der Waals surface area (Å²) in [5.74, 6) is -0.239. The largest absolute Gasteiger partial charge is 0.206 e. The van der Waals surface area contributed by atoms with Crippen LogP contribution in [0.3, 0.4) is 0 Å². The Bertz CT molecular complexity index is 464. The first-order valence-corrected chi connectivity index (χ1v) is 5.87. The molecule has 17 heavy (non-hydrogen) atoms. The molecule has 0 N–H and O–H groups in total. The molecule has 1 heteroatoms. The third-order valence-electron chi connectivity index (χ3n) is 2.59. The molecule has 90 valence electrons. The first-order valence-electron chi connectivity index (χ1n) is 5.87. The number of allylic oxidation sites excluding steroid dienone is 5. The summed E-state index contributed by atoms with van der Waals surface area (Å²) in [5.41, 5.74) is 3.18. The Morgan fingerprint density at radius 1 is 1.41 bits per heavy atom. The predicted molar refractivity (Wildman–Crippen MR) is 73.5 cm³/mol. The van der Waals surface area contributed by atoms with Gasteiger partial charge in [0.1, 0.15) is 5.83 Å². The van der Waals surface area contributed by atoms with Gasteiger partial charge in [0.15, 0.2) is 0 Å². The normalized spacial score (nSPS) is 12.7. The van der Waals surface area contributed by atoms with Gasteiger partial charge >= 0.3 is 0 Å². The third-order valence-corrected chi connectivity index (χ3v) is 2.59. The SMILES string of the molecule is C=C(C)/C(F)=C(\C=C/C)c1cccc(CC)c1. The summed E-state index contributed by atoms with van der Waals surface area (Å²) >= 11 is 0. The predicted octanol–water partition coefficient (Wildman–Crippen LogP) is 5.08. The second kappa shape index (κ2) is 6.19. The molecule has 1 rings (SSSR count). The van der Waals surface area contributed by atoms with Crippen LogP contribution >= 0.6 is 0 Å². The van der Waals surface area contributed by atoms with Gasteiger partial charge in [0, 0.05) is 5.57 Å². The van der Waals surface area contributed by atoms with E-state index in [1.807, 2.05) is 31.2 Å². The highest BCUT2D eigenvalue weighted by molar-refractivity contribution is 5.78. The molecule has 0 spiro atoms. The van der Waals surface area contributed by atoms with E-state index in [1.54, 1.807) is 13.0 Å². The third kappa shape index (κ3) is 3.42. The highest BCUT2D eigenvalue weighted by atomic mass is 19.1. The molecule has 0 aliphatic heterocycles. The Kier molecular flexibility index (Phi) is 4.89. The number of halogens is 1. The molecular weight excluding hydrogens is 211 g/mol. The van der Waals surface area contributed by atoms with Gasteiger partial charge in [-0.3, -0.25) is 0 Å². The minimum atomic E-state index is -0.239. The summed E-state index contributed by atoms with van der Waals surface area (Å²) in [6.07, 6.45) is 4.58. The summed E-state index contributed by atoms with van der Waals surface area (Å²) in [4.78, 5) is 0. The van der Waals surface area contributed by atoms with Crippen molar-refractivity contribution >= 4 is 5.57 Å². The number of rotatable bonds is 4. The lowest BCUT2D eigenvalue weighted by Crippen LogP contribution is -1.89. The van der Waals surface area contributed by atoms with Crippen LogP contribution in [0.2, 0.25) is 0 Å². The minimum absolute atomic E-state index is 0.239. The molecule has 0 fully saturated rings. The number of benzene rings is 1. The van der Waals surface area contributed by atoms with Crippen LogP contribution in [0.4, 0.5) is 4.39 Å². The van der Waals surface area contributed by atoms with E-state index in [4.69, 9.17) is 0 Å². The van der Waals surface area contributed by atoms with Gasteiger partial charge in [-0.25, -0.2) is 4.39 Å². The van der Waals surface area contributed by atoms with Crippen molar-refractivity contribution in [2.45, 2.75) is 27.2 Å². The van der Waals surface area contributed by atoms with Crippen LogP contribution in [0.15, 0.2) is 54.4 Å². The first-order chi connectivity index (χ1) is 8.10. The maximum Gasteiger partial charge on any atom is 0.133 e. The first kappa shape index (κ1) is 13.4. The van der Waals surface area contributed by atoms with Crippen molar-refractivity contribution in [1.82, 2.24) is 0 Å². The van der Waals surface area contributed by atoms with Gasteiger partial charge in [0.25, 0.3) is 0 Å². The molecule has 0 nitrogen and oxygen atoms in total. The second-order valence-corrected chi connectivity index (χ2v) is 4.06. The Balaban J connectivity index is 3.33. The molecule has 1 aromatic rings. The summed E-state index contributed by atoms with van der Waals surface area (Å²) in [7, 11) is 0. The van der Waals surface area contributed by atoms with Crippen LogP contribution in [0, 0.1) is 0 Å². The molecule has 0 aliphatic rings. The zero-order valence-corrected chi connectivity index (χ0v) is 10.8. The second-order valence-electron chi connectivity index (χ2n) is 4.06. The molecule has 0 atom stereocenters. The molecule has 0 radical (unpaired) electrons. The van der Waals surface area contributed by atoms with Gasteiger partial charge in [-0.1, -0.05) is 49.9 Å². The Morgan fingerprint density at radius 3 is 2.65 bits per heavy atom. The summed E-state index contributed by atoms with van der Waals surface area (Å²) in [6, 6.07) is 7.97. The lowest BCUT2D eigenvalue weighted by atomic mass is 9.99. The highest BCUT2D eigenvalue weighted by Gasteiger charge is 2.07. The fourth-order valence-electron chi connectivity index (χ4n) is 1.65. The summed E-state index contributed by atoms with van der Waals surface area (Å²) < 4.78 is 14.0. The monoisotopic (exact) mass is 230 g/mol. The topological polar surface area (TPSA) is 0 Å². The van der Waals surface area contributed by atoms with E-state index in [1.165, 1.54) is 5.56 Å². The average molecular weight is 230 g/mol. The van der Waals surface area contributed by atoms with Crippen molar-refractivity contribution in [2.75, 3.05) is 0 Å². The molecule has 0 heterocycles. The van der Waals surface area contributed by atoms with Gasteiger partial charge in [-0.15, -0.1) is 0 Å². The number of aryl methyl sites for hydroxylation is 1. The van der Waals surface area contributed by atoms with Crippen molar-refractivity contribution in [3.63, 3.8) is 0 Å². The maximum absolute atomic E-state index is 14.0. The van der Waals surface area contributed by atoms with Crippen molar-refractivity contribution in [3.8, 4) is 0 Å². The summed E-state index contributed by atoms with van der Waals surface area (Å²) in [6.45, 7) is 9.32. The Labute approximate surface area is 103 Å². The fourth-order valence-corrected chi connectivity index (χ4v) is 1.65. The van der Waals surface area contributed by atoms with Crippen molar-refractivity contribution in [3.05, 3.63) is 65.5 Å². The molecule has 0 unspecified atom stereocenters. The lowest BCUT2D eigenvalue weighted by Gasteiger charge is -2.07. The van der Waals surface area contributed by atoms with Crippen LogP contribution in [-0.2, 0) is 6.42 Å². The zero-order valence-electron chi connectivity index (χ0n) is 10.8. The van der Waals surface area contributed by atoms with Crippen LogP contribution in [0.1, 0.15) is 31.9 Å². The zero-order chi connectivity index (χ0) is 12.8. The standard InChI is InChI=1S/C16H19F/c1-5-8-15(16(17)12(3)4)14-10-7-9-13(6-2)11-14/h5,7-11H,3,6H2,1-2,4H3/b8-5-,16-15-. The number of hydrogen-bond donors (Lipinski definition) is 0. The molecule has 0 aliphatic carbocycles. The highest BCUT2D eigenvalue weighted by Crippen LogP contribution is 2.26. The van der Waals surface area contributed by atoms with Crippen LogP contribution in [0.25, 0.3) is 5.57 Å². The van der Waals surface area contributed by atoms with Gasteiger partial charge in [0.05, 0.1) is 0 Å². The molecule has 1 aromatic carbocycles. The lowest BCUT2D eigenvalue weighted by molar-refractivity contribution is 0.656. The van der Waals surface area contributed by atoms with Crippen LogP contribution < -0.4 is 0 Å². The Morgan fingerprint density at radius 2 is 2.12 bits per heavy atom. The van der Waals surface area contributed by atoms with E-state index in [0.717, 1.165) is 12.0 Å².